The van der Waals surface area contributed by atoms with Crippen LogP contribution in [-0.4, -0.2) is 45.7 Å². The number of unbranched alkanes of at least 4 members (excludes halogenated alkanes) is 1. The third kappa shape index (κ3) is 4.80. The van der Waals surface area contributed by atoms with Crippen LogP contribution in [0.2, 0.25) is 0 Å². The molecule has 1 N–H and O–H groups in total. The molecule has 4 rings (SSSR count). The number of rotatable bonds is 8. The molecule has 1 aliphatic rings. The van der Waals surface area contributed by atoms with E-state index in [0.29, 0.717) is 17.1 Å². The lowest BCUT2D eigenvalue weighted by Gasteiger charge is -2.29. The fourth-order valence-electron chi connectivity index (χ4n) is 4.43. The van der Waals surface area contributed by atoms with E-state index < -0.39 is 0 Å². The molecule has 1 aromatic carbocycles. The summed E-state index contributed by atoms with van der Waals surface area (Å²) in [4.78, 5) is 30.9. The second-order valence-electron chi connectivity index (χ2n) is 8.61. The molecule has 1 saturated carbocycles. The summed E-state index contributed by atoms with van der Waals surface area (Å²) in [5.74, 6) is 0.287. The number of amides is 1. The van der Waals surface area contributed by atoms with Gasteiger partial charge in [-0.2, -0.15) is 0 Å². The molecule has 0 radical (unpaired) electrons. The van der Waals surface area contributed by atoms with Gasteiger partial charge >= 0.3 is 5.69 Å². The number of fused-ring (bicyclic) bond motifs is 1. The Morgan fingerprint density at radius 1 is 1.21 bits per heavy atom. The predicted molar refractivity (Wildman–Crippen MR) is 126 cm³/mol. The van der Waals surface area contributed by atoms with Crippen LogP contribution in [0.25, 0.3) is 11.3 Å². The fourth-order valence-corrected chi connectivity index (χ4v) is 4.43. The maximum absolute atomic E-state index is 13.4. The fraction of sp³-hybridized carbons (Fsp3) is 0.480. The lowest BCUT2D eigenvalue weighted by Crippen LogP contribution is -2.40. The second kappa shape index (κ2) is 10.2. The quantitative estimate of drug-likeness (QED) is 0.527. The Bertz CT molecular complexity index is 1170. The van der Waals surface area contributed by atoms with Gasteiger partial charge in [0.1, 0.15) is 17.1 Å². The molecule has 2 aromatic heterocycles. The number of aromatic nitrogens is 3. The molecule has 0 aliphatic heterocycles. The highest BCUT2D eigenvalue weighted by atomic mass is 16.5. The van der Waals surface area contributed by atoms with E-state index in [1.54, 1.807) is 19.4 Å². The monoisotopic (exact) mass is 452 g/mol. The van der Waals surface area contributed by atoms with Crippen LogP contribution >= 0.6 is 0 Å². The summed E-state index contributed by atoms with van der Waals surface area (Å²) >= 11 is 0. The summed E-state index contributed by atoms with van der Waals surface area (Å²) in [5, 5.41) is 3.10. The van der Waals surface area contributed by atoms with E-state index in [1.165, 1.54) is 15.2 Å². The summed E-state index contributed by atoms with van der Waals surface area (Å²) in [6, 6.07) is 7.36. The zero-order valence-corrected chi connectivity index (χ0v) is 19.5. The predicted octanol–water partition coefficient (Wildman–Crippen LogP) is 3.66. The first kappa shape index (κ1) is 23.0. The molecule has 33 heavy (non-hydrogen) atoms. The van der Waals surface area contributed by atoms with Crippen molar-refractivity contribution in [3.05, 3.63) is 58.4 Å². The summed E-state index contributed by atoms with van der Waals surface area (Å²) in [6.07, 6.45) is 9.28. The Labute approximate surface area is 193 Å². The number of carbonyl (C=O) groups excluding carboxylic acids is 1. The molecule has 8 nitrogen and oxygen atoms in total. The Balaban J connectivity index is 1.56. The molecule has 0 saturated heterocycles. The normalized spacial score (nSPS) is 18.4. The van der Waals surface area contributed by atoms with Gasteiger partial charge in [-0.1, -0.05) is 25.5 Å². The zero-order valence-electron chi connectivity index (χ0n) is 19.5. The van der Waals surface area contributed by atoms with Crippen molar-refractivity contribution in [3.8, 4) is 11.4 Å². The standard InChI is InChI=1S/C25H32N4O4/c1-4-5-14-33-19-12-10-18(11-13-19)27-24(30)21-15-26-23-17(2)16-28(25(31)29(21)23)20-8-6-7-9-22(20)32-3/h6-9,15-16,18-19H,4-5,10-14H2,1-3H3,(H,27,30)/t18-,19-. The van der Waals surface area contributed by atoms with Crippen LogP contribution < -0.4 is 15.7 Å². The number of hydrogen-bond donors (Lipinski definition) is 1. The highest BCUT2D eigenvalue weighted by Gasteiger charge is 2.25. The van der Waals surface area contributed by atoms with Crippen molar-refractivity contribution < 1.29 is 14.3 Å². The molecule has 1 fully saturated rings. The van der Waals surface area contributed by atoms with Crippen LogP contribution in [0.1, 0.15) is 61.5 Å². The van der Waals surface area contributed by atoms with Crippen molar-refractivity contribution in [3.63, 3.8) is 0 Å². The zero-order chi connectivity index (χ0) is 23.4. The lowest BCUT2D eigenvalue weighted by atomic mass is 9.93. The Kier molecular flexibility index (Phi) is 7.13. The first-order chi connectivity index (χ1) is 16.0. The molecule has 2 heterocycles. The summed E-state index contributed by atoms with van der Waals surface area (Å²) in [6.45, 7) is 4.83. The van der Waals surface area contributed by atoms with Crippen LogP contribution in [-0.2, 0) is 4.74 Å². The molecule has 1 aliphatic carbocycles. The highest BCUT2D eigenvalue weighted by Crippen LogP contribution is 2.23. The maximum Gasteiger partial charge on any atom is 0.339 e. The second-order valence-corrected chi connectivity index (χ2v) is 8.61. The van der Waals surface area contributed by atoms with Gasteiger partial charge in [-0.25, -0.2) is 14.2 Å². The van der Waals surface area contributed by atoms with E-state index in [4.69, 9.17) is 9.47 Å². The molecule has 0 bridgehead atoms. The van der Waals surface area contributed by atoms with Crippen LogP contribution in [0.15, 0.2) is 41.5 Å². The number of nitrogens with one attached hydrogen (secondary N) is 1. The van der Waals surface area contributed by atoms with E-state index in [2.05, 4.69) is 17.2 Å². The minimum Gasteiger partial charge on any atom is -0.495 e. The number of hydrogen-bond acceptors (Lipinski definition) is 5. The van der Waals surface area contributed by atoms with Crippen molar-refractivity contribution in [2.45, 2.75) is 64.5 Å². The molecule has 3 aromatic rings. The highest BCUT2D eigenvalue weighted by molar-refractivity contribution is 5.93. The van der Waals surface area contributed by atoms with E-state index in [-0.39, 0.29) is 29.4 Å². The van der Waals surface area contributed by atoms with E-state index in [0.717, 1.165) is 50.7 Å². The molecule has 8 heteroatoms. The summed E-state index contributed by atoms with van der Waals surface area (Å²) < 4.78 is 14.2. The molecule has 176 valence electrons. The number of ether oxygens (including phenoxy) is 2. The van der Waals surface area contributed by atoms with Gasteiger partial charge in [0.25, 0.3) is 5.91 Å². The first-order valence-electron chi connectivity index (χ1n) is 11.7. The van der Waals surface area contributed by atoms with Gasteiger partial charge in [0.15, 0.2) is 0 Å². The molecular formula is C25H32N4O4. The van der Waals surface area contributed by atoms with Crippen molar-refractivity contribution in [2.24, 2.45) is 0 Å². The maximum atomic E-state index is 13.4. The van der Waals surface area contributed by atoms with Crippen LogP contribution in [0.5, 0.6) is 5.75 Å². The first-order valence-corrected chi connectivity index (χ1v) is 11.7. The Hall–Kier alpha value is -3.13. The number of carbonyl (C=O) groups is 1. The van der Waals surface area contributed by atoms with Crippen LogP contribution in [0.4, 0.5) is 0 Å². The minimum absolute atomic E-state index is 0.0651. The van der Waals surface area contributed by atoms with Gasteiger partial charge in [-0.05, 0) is 51.2 Å². The molecule has 0 atom stereocenters. The van der Waals surface area contributed by atoms with Crippen molar-refractivity contribution >= 4 is 11.6 Å². The number of aryl methyl sites for hydroxylation is 1. The van der Waals surface area contributed by atoms with Crippen molar-refractivity contribution in [1.82, 2.24) is 19.3 Å². The SMILES string of the molecule is CCCCO[C@H]1CC[C@H](NC(=O)c2cnc3c(C)cn(-c4ccccc4OC)c(=O)n23)CC1. The average Bonchev–Trinajstić information content (AvgIpc) is 3.29. The van der Waals surface area contributed by atoms with Gasteiger partial charge in [-0.3, -0.25) is 9.36 Å². The molecule has 1 amide bonds. The number of imidazole rings is 1. The number of para-hydroxylation sites is 2. The summed E-state index contributed by atoms with van der Waals surface area (Å²) in [7, 11) is 1.56. The molecule has 0 unspecified atom stereocenters. The van der Waals surface area contributed by atoms with Gasteiger partial charge in [0.05, 0.1) is 25.1 Å². The minimum atomic E-state index is -0.365. The van der Waals surface area contributed by atoms with Gasteiger partial charge in [0.2, 0.25) is 0 Å². The topological polar surface area (TPSA) is 86.9 Å². The van der Waals surface area contributed by atoms with Crippen molar-refractivity contribution in [2.75, 3.05) is 13.7 Å². The smallest absolute Gasteiger partial charge is 0.339 e. The molecule has 0 spiro atoms. The van der Waals surface area contributed by atoms with E-state index in [1.807, 2.05) is 25.1 Å². The number of methoxy groups -OCH3 is 1. The average molecular weight is 453 g/mol. The lowest BCUT2D eigenvalue weighted by molar-refractivity contribution is 0.0209. The third-order valence-electron chi connectivity index (χ3n) is 6.27. The molecular weight excluding hydrogens is 420 g/mol. The number of benzene rings is 1. The van der Waals surface area contributed by atoms with Gasteiger partial charge < -0.3 is 14.8 Å². The van der Waals surface area contributed by atoms with E-state index >= 15 is 0 Å². The summed E-state index contributed by atoms with van der Waals surface area (Å²) in [5.41, 5.74) is 1.74. The van der Waals surface area contributed by atoms with Crippen molar-refractivity contribution in [1.29, 1.82) is 0 Å². The van der Waals surface area contributed by atoms with E-state index in [9.17, 15) is 9.59 Å². The van der Waals surface area contributed by atoms with Gasteiger partial charge in [-0.15, -0.1) is 0 Å². The van der Waals surface area contributed by atoms with Crippen LogP contribution in [0.3, 0.4) is 0 Å². The largest absolute Gasteiger partial charge is 0.495 e. The third-order valence-corrected chi connectivity index (χ3v) is 6.27. The Morgan fingerprint density at radius 3 is 2.70 bits per heavy atom. The van der Waals surface area contributed by atoms with Gasteiger partial charge in [0, 0.05) is 24.4 Å². The van der Waals surface area contributed by atoms with Crippen LogP contribution in [0, 0.1) is 6.92 Å². The Morgan fingerprint density at radius 2 is 1.97 bits per heavy atom. The number of nitrogens with zero attached hydrogens (tertiary/aromatic N) is 3.